The molecule has 2 aliphatic rings. The second-order valence-electron chi connectivity index (χ2n) is 5.23. The zero-order valence-electron chi connectivity index (χ0n) is 9.63. The van der Waals surface area contributed by atoms with Crippen molar-refractivity contribution in [3.05, 3.63) is 0 Å². The second-order valence-corrected chi connectivity index (χ2v) is 5.23. The molecule has 1 unspecified atom stereocenters. The maximum atomic E-state index is 3.51. The highest BCUT2D eigenvalue weighted by Crippen LogP contribution is 2.30. The van der Waals surface area contributed by atoms with Crippen molar-refractivity contribution >= 4 is 0 Å². The summed E-state index contributed by atoms with van der Waals surface area (Å²) >= 11 is 0. The zero-order valence-corrected chi connectivity index (χ0v) is 9.63. The largest absolute Gasteiger partial charge is 0.316 e. The van der Waals surface area contributed by atoms with Crippen LogP contribution in [0.3, 0.4) is 0 Å². The number of nitrogens with one attached hydrogen (secondary N) is 1. The van der Waals surface area contributed by atoms with Crippen LogP contribution in [-0.4, -0.2) is 36.6 Å². The molecule has 1 N–H and O–H groups in total. The molecule has 2 heteroatoms. The molecule has 0 spiro atoms. The third kappa shape index (κ3) is 2.71. The minimum Gasteiger partial charge on any atom is -0.316 e. The number of hydrogen-bond donors (Lipinski definition) is 1. The van der Waals surface area contributed by atoms with E-state index < -0.39 is 0 Å². The summed E-state index contributed by atoms with van der Waals surface area (Å²) in [5.74, 6) is 0.909. The summed E-state index contributed by atoms with van der Waals surface area (Å²) in [7, 11) is 0. The van der Waals surface area contributed by atoms with E-state index in [0.717, 1.165) is 18.0 Å². The van der Waals surface area contributed by atoms with Crippen molar-refractivity contribution in [2.75, 3.05) is 19.6 Å². The first-order valence-electron chi connectivity index (χ1n) is 6.24. The lowest BCUT2D eigenvalue weighted by Gasteiger charge is -2.32. The lowest BCUT2D eigenvalue weighted by atomic mass is 9.98. The summed E-state index contributed by atoms with van der Waals surface area (Å²) in [6, 6.07) is 1.67. The van der Waals surface area contributed by atoms with E-state index in [1.54, 1.807) is 0 Å². The van der Waals surface area contributed by atoms with Gasteiger partial charge in [-0.05, 0) is 58.5 Å². The van der Waals surface area contributed by atoms with E-state index >= 15 is 0 Å². The van der Waals surface area contributed by atoms with E-state index in [4.69, 9.17) is 0 Å². The number of piperidine rings is 1. The van der Waals surface area contributed by atoms with Crippen LogP contribution in [0.1, 0.15) is 39.5 Å². The van der Waals surface area contributed by atoms with Crippen molar-refractivity contribution in [2.24, 2.45) is 5.92 Å². The van der Waals surface area contributed by atoms with Gasteiger partial charge in [-0.3, -0.25) is 4.90 Å². The fourth-order valence-corrected chi connectivity index (χ4v) is 2.57. The summed E-state index contributed by atoms with van der Waals surface area (Å²) in [5.41, 5.74) is 0. The van der Waals surface area contributed by atoms with E-state index in [2.05, 4.69) is 24.1 Å². The van der Waals surface area contributed by atoms with Gasteiger partial charge in [-0.15, -0.1) is 0 Å². The minimum atomic E-state index is 0.740. The van der Waals surface area contributed by atoms with Crippen LogP contribution in [-0.2, 0) is 0 Å². The lowest BCUT2D eigenvalue weighted by molar-refractivity contribution is 0.163. The van der Waals surface area contributed by atoms with Gasteiger partial charge >= 0.3 is 0 Å². The van der Waals surface area contributed by atoms with Crippen LogP contribution in [0.25, 0.3) is 0 Å². The van der Waals surface area contributed by atoms with Gasteiger partial charge in [0.15, 0.2) is 0 Å². The van der Waals surface area contributed by atoms with E-state index in [-0.39, 0.29) is 0 Å². The Labute approximate surface area is 88.1 Å². The molecule has 2 fully saturated rings. The van der Waals surface area contributed by atoms with E-state index in [0.29, 0.717) is 0 Å². The van der Waals surface area contributed by atoms with Gasteiger partial charge in [0.2, 0.25) is 0 Å². The van der Waals surface area contributed by atoms with Crippen LogP contribution in [0.4, 0.5) is 0 Å². The smallest absolute Gasteiger partial charge is 0.00992 e. The van der Waals surface area contributed by atoms with Gasteiger partial charge in [0.25, 0.3) is 0 Å². The Bertz CT molecular complexity index is 167. The first-order valence-corrected chi connectivity index (χ1v) is 6.24. The third-order valence-electron chi connectivity index (χ3n) is 3.55. The summed E-state index contributed by atoms with van der Waals surface area (Å²) in [6.45, 7) is 8.50. The Morgan fingerprint density at radius 2 is 2.07 bits per heavy atom. The molecule has 0 aromatic carbocycles. The Balaban J connectivity index is 1.79. The summed E-state index contributed by atoms with van der Waals surface area (Å²) in [5, 5.41) is 3.51. The Kier molecular flexibility index (Phi) is 3.45. The fraction of sp³-hybridized carbons (Fsp3) is 1.00. The summed E-state index contributed by atoms with van der Waals surface area (Å²) in [6.07, 6.45) is 5.70. The molecule has 1 heterocycles. The second kappa shape index (κ2) is 4.63. The van der Waals surface area contributed by atoms with Crippen molar-refractivity contribution in [1.82, 2.24) is 10.2 Å². The average molecular weight is 196 g/mol. The van der Waals surface area contributed by atoms with Crippen molar-refractivity contribution in [1.29, 1.82) is 0 Å². The molecule has 1 aliphatic carbocycles. The lowest BCUT2D eigenvalue weighted by Crippen LogP contribution is -2.42. The molecule has 1 atom stereocenters. The van der Waals surface area contributed by atoms with Crippen molar-refractivity contribution in [3.63, 3.8) is 0 Å². The molecule has 0 amide bonds. The zero-order chi connectivity index (χ0) is 9.97. The number of nitrogens with zero attached hydrogens (tertiary/aromatic N) is 1. The maximum absolute atomic E-state index is 3.51. The first kappa shape index (κ1) is 10.4. The molecule has 2 rings (SSSR count). The van der Waals surface area contributed by atoms with Gasteiger partial charge in [0.05, 0.1) is 0 Å². The number of hydrogen-bond acceptors (Lipinski definition) is 2. The molecule has 82 valence electrons. The molecule has 1 aliphatic heterocycles. The third-order valence-corrected chi connectivity index (χ3v) is 3.55. The SMILES string of the molecule is CC(C)N(CC1CCCNC1)C1CC1. The predicted molar refractivity (Wildman–Crippen MR) is 60.5 cm³/mol. The molecule has 1 saturated heterocycles. The topological polar surface area (TPSA) is 15.3 Å². The molecule has 2 nitrogen and oxygen atoms in total. The number of rotatable bonds is 4. The van der Waals surface area contributed by atoms with E-state index in [1.807, 2.05) is 0 Å². The van der Waals surface area contributed by atoms with Gasteiger partial charge in [0.1, 0.15) is 0 Å². The van der Waals surface area contributed by atoms with Crippen LogP contribution >= 0.6 is 0 Å². The van der Waals surface area contributed by atoms with Crippen LogP contribution in [0.2, 0.25) is 0 Å². The van der Waals surface area contributed by atoms with Gasteiger partial charge in [-0.2, -0.15) is 0 Å². The van der Waals surface area contributed by atoms with Crippen molar-refractivity contribution in [2.45, 2.75) is 51.6 Å². The van der Waals surface area contributed by atoms with E-state index in [1.165, 1.54) is 45.3 Å². The maximum Gasteiger partial charge on any atom is 0.00992 e. The standard InChI is InChI=1S/C12H24N2/c1-10(2)14(12-5-6-12)9-11-4-3-7-13-8-11/h10-13H,3-9H2,1-2H3. The Hall–Kier alpha value is -0.0800. The van der Waals surface area contributed by atoms with Crippen molar-refractivity contribution in [3.8, 4) is 0 Å². The molecular weight excluding hydrogens is 172 g/mol. The van der Waals surface area contributed by atoms with Gasteiger partial charge < -0.3 is 5.32 Å². The van der Waals surface area contributed by atoms with Crippen LogP contribution in [0.5, 0.6) is 0 Å². The molecule has 0 aromatic heterocycles. The van der Waals surface area contributed by atoms with Crippen LogP contribution in [0.15, 0.2) is 0 Å². The molecule has 0 radical (unpaired) electrons. The quantitative estimate of drug-likeness (QED) is 0.738. The molecule has 14 heavy (non-hydrogen) atoms. The van der Waals surface area contributed by atoms with Gasteiger partial charge in [-0.25, -0.2) is 0 Å². The van der Waals surface area contributed by atoms with Crippen LogP contribution in [0, 0.1) is 5.92 Å². The minimum absolute atomic E-state index is 0.740. The molecule has 1 saturated carbocycles. The Morgan fingerprint density at radius 1 is 1.29 bits per heavy atom. The fourth-order valence-electron chi connectivity index (χ4n) is 2.57. The highest BCUT2D eigenvalue weighted by molar-refractivity contribution is 4.88. The normalized spacial score (nSPS) is 28.7. The predicted octanol–water partition coefficient (Wildman–Crippen LogP) is 1.86. The summed E-state index contributed by atoms with van der Waals surface area (Å²) < 4.78 is 0. The average Bonchev–Trinajstić information content (AvgIpc) is 2.99. The molecular formula is C12H24N2. The Morgan fingerprint density at radius 3 is 2.57 bits per heavy atom. The highest BCUT2D eigenvalue weighted by Gasteiger charge is 2.32. The van der Waals surface area contributed by atoms with Crippen molar-refractivity contribution < 1.29 is 0 Å². The first-order chi connectivity index (χ1) is 6.77. The van der Waals surface area contributed by atoms with Gasteiger partial charge in [-0.1, -0.05) is 0 Å². The van der Waals surface area contributed by atoms with Gasteiger partial charge in [0, 0.05) is 18.6 Å². The van der Waals surface area contributed by atoms with Crippen LogP contribution < -0.4 is 5.32 Å². The monoisotopic (exact) mass is 196 g/mol. The summed E-state index contributed by atoms with van der Waals surface area (Å²) in [4.78, 5) is 2.72. The molecule has 0 aromatic rings. The highest BCUT2D eigenvalue weighted by atomic mass is 15.2. The van der Waals surface area contributed by atoms with E-state index in [9.17, 15) is 0 Å². The molecule has 0 bridgehead atoms.